The molecule has 0 unspecified atom stereocenters. The number of fused-ring (bicyclic) bond motifs is 1. The van der Waals surface area contributed by atoms with Crippen molar-refractivity contribution < 1.29 is 18.3 Å². The highest BCUT2D eigenvalue weighted by Gasteiger charge is 2.61. The van der Waals surface area contributed by atoms with Crippen molar-refractivity contribution in [2.75, 3.05) is 11.9 Å². The Morgan fingerprint density at radius 3 is 2.89 bits per heavy atom. The maximum atomic E-state index is 13.3. The van der Waals surface area contributed by atoms with E-state index in [0.29, 0.717) is 17.6 Å². The summed E-state index contributed by atoms with van der Waals surface area (Å²) < 4.78 is 28.0. The second-order valence-electron chi connectivity index (χ2n) is 7.53. The van der Waals surface area contributed by atoms with Crippen molar-refractivity contribution in [1.82, 2.24) is 9.29 Å². The second kappa shape index (κ2) is 6.10. The van der Waals surface area contributed by atoms with Gasteiger partial charge >= 0.3 is 0 Å². The Balaban J connectivity index is 1.43. The minimum absolute atomic E-state index is 0.0891. The van der Waals surface area contributed by atoms with Gasteiger partial charge in [-0.3, -0.25) is 10.1 Å². The molecule has 5 rings (SSSR count). The first-order valence-corrected chi connectivity index (χ1v) is 11.3. The van der Waals surface area contributed by atoms with Gasteiger partial charge in [-0.15, -0.1) is 11.3 Å². The molecule has 0 radical (unpaired) electrons. The molecule has 1 amide bonds. The Labute approximate surface area is 161 Å². The number of aromatic nitrogens is 1. The highest BCUT2D eigenvalue weighted by atomic mass is 32.2. The number of hydrogen-bond donors (Lipinski definition) is 2. The first-order valence-electron chi connectivity index (χ1n) is 8.96. The predicted molar refractivity (Wildman–Crippen MR) is 99.9 cm³/mol. The van der Waals surface area contributed by atoms with E-state index in [1.54, 1.807) is 23.7 Å². The van der Waals surface area contributed by atoms with Crippen LogP contribution in [-0.2, 0) is 10.0 Å². The summed E-state index contributed by atoms with van der Waals surface area (Å²) in [6, 6.07) is 5.73. The van der Waals surface area contributed by atoms with Gasteiger partial charge in [-0.25, -0.2) is 13.4 Å². The summed E-state index contributed by atoms with van der Waals surface area (Å²) in [4.78, 5) is 16.5. The van der Waals surface area contributed by atoms with Gasteiger partial charge in [-0.1, -0.05) is 6.07 Å². The van der Waals surface area contributed by atoms with Crippen molar-refractivity contribution in [2.24, 2.45) is 17.8 Å². The van der Waals surface area contributed by atoms with E-state index in [0.717, 1.165) is 12.8 Å². The summed E-state index contributed by atoms with van der Waals surface area (Å²) in [5, 5.41) is 15.4. The van der Waals surface area contributed by atoms with Gasteiger partial charge in [0.25, 0.3) is 5.91 Å². The summed E-state index contributed by atoms with van der Waals surface area (Å²) in [5.74, 6) is 0.427. The lowest BCUT2D eigenvalue weighted by Crippen LogP contribution is -2.43. The molecule has 2 aromatic rings. The van der Waals surface area contributed by atoms with Gasteiger partial charge in [0.1, 0.15) is 0 Å². The smallest absolute Gasteiger partial charge is 0.257 e. The third kappa shape index (κ3) is 2.64. The number of nitrogens with zero attached hydrogens (tertiary/aromatic N) is 2. The molecule has 1 aromatic heterocycles. The Morgan fingerprint density at radius 1 is 1.30 bits per heavy atom. The second-order valence-corrected chi connectivity index (χ2v) is 10.3. The SMILES string of the molecule is O=C(Nc1nccs1)c1cccc(S(=O)(=O)N2C[C@@H]3C[C@H]4C[C@H]3[C@H]2[C@H]4O)c1. The Hall–Kier alpha value is -1.81. The molecule has 2 bridgehead atoms. The molecule has 2 N–H and O–H groups in total. The van der Waals surface area contributed by atoms with E-state index in [2.05, 4.69) is 10.3 Å². The van der Waals surface area contributed by atoms with Gasteiger partial charge < -0.3 is 5.11 Å². The standard InChI is InChI=1S/C18H19N3O4S2/c22-16-11-6-12-9-21(15(16)14(12)8-11)27(24,25)13-3-1-2-10(7-13)17(23)20-18-19-4-5-26-18/h1-5,7,11-12,14-16,22H,6,8-9H2,(H,19,20,23)/t11-,12-,14+,15-,16-/m0/s1. The summed E-state index contributed by atoms with van der Waals surface area (Å²) >= 11 is 1.29. The average molecular weight is 406 g/mol. The molecule has 2 saturated carbocycles. The van der Waals surface area contributed by atoms with Gasteiger partial charge in [0.15, 0.2) is 5.13 Å². The minimum atomic E-state index is -3.77. The largest absolute Gasteiger partial charge is 0.391 e. The fourth-order valence-corrected chi connectivity index (χ4v) is 7.33. The van der Waals surface area contributed by atoms with E-state index >= 15 is 0 Å². The summed E-state index contributed by atoms with van der Waals surface area (Å²) in [6.07, 6.45) is 2.83. The zero-order valence-corrected chi connectivity index (χ0v) is 16.0. The quantitative estimate of drug-likeness (QED) is 0.808. The molecule has 3 fully saturated rings. The molecule has 27 heavy (non-hydrogen) atoms. The predicted octanol–water partition coefficient (Wildman–Crippen LogP) is 1.79. The van der Waals surface area contributed by atoms with Crippen molar-refractivity contribution in [3.8, 4) is 0 Å². The maximum absolute atomic E-state index is 13.3. The Bertz CT molecular complexity index is 990. The molecule has 7 nitrogen and oxygen atoms in total. The molecule has 9 heteroatoms. The van der Waals surface area contributed by atoms with E-state index in [1.807, 2.05) is 0 Å². The summed E-state index contributed by atoms with van der Waals surface area (Å²) in [6.45, 7) is 0.459. The van der Waals surface area contributed by atoms with Crippen molar-refractivity contribution in [2.45, 2.75) is 29.9 Å². The van der Waals surface area contributed by atoms with Crippen LogP contribution in [0.15, 0.2) is 40.7 Å². The number of nitrogens with one attached hydrogen (secondary N) is 1. The molecule has 142 valence electrons. The van der Waals surface area contributed by atoms with Gasteiger partial charge in [-0.05, 0) is 48.8 Å². The normalized spacial score (nSPS) is 32.1. The maximum Gasteiger partial charge on any atom is 0.257 e. The van der Waals surface area contributed by atoms with E-state index in [9.17, 15) is 18.3 Å². The van der Waals surface area contributed by atoms with Crippen molar-refractivity contribution in [3.05, 3.63) is 41.4 Å². The van der Waals surface area contributed by atoms with Gasteiger partial charge in [-0.2, -0.15) is 4.31 Å². The van der Waals surface area contributed by atoms with Crippen LogP contribution in [0.4, 0.5) is 5.13 Å². The lowest BCUT2D eigenvalue weighted by Gasteiger charge is -2.28. The number of rotatable bonds is 4. The topological polar surface area (TPSA) is 99.6 Å². The number of hydrogen-bond acceptors (Lipinski definition) is 6. The van der Waals surface area contributed by atoms with Crippen LogP contribution in [0, 0.1) is 17.8 Å². The van der Waals surface area contributed by atoms with Crippen LogP contribution in [0.2, 0.25) is 0 Å². The molecule has 2 heterocycles. The molecule has 0 spiro atoms. The van der Waals surface area contributed by atoms with Crippen molar-refractivity contribution >= 4 is 32.4 Å². The number of carbonyl (C=O) groups is 1. The lowest BCUT2D eigenvalue weighted by molar-refractivity contribution is 0.0731. The minimum Gasteiger partial charge on any atom is -0.391 e. The van der Waals surface area contributed by atoms with E-state index in [4.69, 9.17) is 0 Å². The van der Waals surface area contributed by atoms with Crippen LogP contribution in [-0.4, -0.2) is 47.4 Å². The molecule has 1 aromatic carbocycles. The lowest BCUT2D eigenvalue weighted by atomic mass is 9.88. The summed E-state index contributed by atoms with van der Waals surface area (Å²) in [7, 11) is -3.77. The van der Waals surface area contributed by atoms with Crippen molar-refractivity contribution in [3.63, 3.8) is 0 Å². The number of amides is 1. The highest BCUT2D eigenvalue weighted by Crippen LogP contribution is 2.56. The Morgan fingerprint density at radius 2 is 2.15 bits per heavy atom. The number of anilines is 1. The molecular weight excluding hydrogens is 386 g/mol. The van der Waals surface area contributed by atoms with Crippen LogP contribution in [0.25, 0.3) is 0 Å². The van der Waals surface area contributed by atoms with Gasteiger partial charge in [0, 0.05) is 23.7 Å². The number of thiazole rings is 1. The fourth-order valence-electron chi connectivity index (χ4n) is 5.02. The number of benzene rings is 1. The van der Waals surface area contributed by atoms with E-state index in [1.165, 1.54) is 27.8 Å². The average Bonchev–Trinajstić information content (AvgIpc) is 3.39. The molecule has 1 aliphatic heterocycles. The van der Waals surface area contributed by atoms with Crippen LogP contribution in [0.5, 0.6) is 0 Å². The number of sulfonamides is 1. The van der Waals surface area contributed by atoms with Crippen LogP contribution >= 0.6 is 11.3 Å². The molecule has 3 aliphatic rings. The van der Waals surface area contributed by atoms with Gasteiger partial charge in [0.05, 0.1) is 17.0 Å². The van der Waals surface area contributed by atoms with Crippen LogP contribution in [0.1, 0.15) is 23.2 Å². The number of aliphatic hydroxyl groups is 1. The first kappa shape index (κ1) is 17.3. The van der Waals surface area contributed by atoms with E-state index < -0.39 is 22.0 Å². The Kier molecular flexibility index (Phi) is 3.91. The summed E-state index contributed by atoms with van der Waals surface area (Å²) in [5.41, 5.74) is 0.262. The fraction of sp³-hybridized carbons (Fsp3) is 0.444. The highest BCUT2D eigenvalue weighted by molar-refractivity contribution is 7.89. The monoisotopic (exact) mass is 405 g/mol. The third-order valence-electron chi connectivity index (χ3n) is 6.16. The van der Waals surface area contributed by atoms with Crippen LogP contribution < -0.4 is 5.32 Å². The van der Waals surface area contributed by atoms with E-state index in [-0.39, 0.29) is 28.3 Å². The zero-order valence-electron chi connectivity index (χ0n) is 14.4. The van der Waals surface area contributed by atoms with Gasteiger partial charge in [0.2, 0.25) is 10.0 Å². The third-order valence-corrected chi connectivity index (χ3v) is 8.71. The molecule has 1 saturated heterocycles. The number of carbonyl (C=O) groups excluding carboxylic acids is 1. The van der Waals surface area contributed by atoms with Crippen LogP contribution in [0.3, 0.4) is 0 Å². The van der Waals surface area contributed by atoms with Crippen molar-refractivity contribution in [1.29, 1.82) is 0 Å². The molecular formula is C18H19N3O4S2. The molecule has 5 atom stereocenters. The first-order chi connectivity index (χ1) is 12.9. The number of aliphatic hydroxyl groups excluding tert-OH is 1. The zero-order chi connectivity index (χ0) is 18.8. The molecule has 2 aliphatic carbocycles.